The molecule has 0 aliphatic carbocycles. The van der Waals surface area contributed by atoms with E-state index in [2.05, 4.69) is 29.5 Å². The molecule has 0 saturated carbocycles. The van der Waals surface area contributed by atoms with Crippen LogP contribution in [0.1, 0.15) is 27.2 Å². The summed E-state index contributed by atoms with van der Waals surface area (Å²) >= 11 is 0. The summed E-state index contributed by atoms with van der Waals surface area (Å²) in [6.45, 7) is 8.23. The highest BCUT2D eigenvalue weighted by atomic mass is 127. The predicted molar refractivity (Wildman–Crippen MR) is 87.5 cm³/mol. The van der Waals surface area contributed by atoms with E-state index < -0.39 is 0 Å². The van der Waals surface area contributed by atoms with Gasteiger partial charge in [0.05, 0.1) is 0 Å². The number of nitrogens with one attached hydrogen (secondary N) is 2. The minimum absolute atomic E-state index is 0. The third-order valence-electron chi connectivity index (χ3n) is 2.23. The first-order valence-electron chi connectivity index (χ1n) is 6.19. The summed E-state index contributed by atoms with van der Waals surface area (Å²) in [4.78, 5) is 17.2. The molecule has 0 aromatic rings. The fourth-order valence-corrected chi connectivity index (χ4v) is 1.11. The minimum Gasteiger partial charge on any atom is -0.357 e. The summed E-state index contributed by atoms with van der Waals surface area (Å²) in [5, 5.41) is 6.33. The van der Waals surface area contributed by atoms with Crippen LogP contribution in [0.25, 0.3) is 0 Å². The second-order valence-electron chi connectivity index (χ2n) is 4.59. The molecule has 0 aliphatic rings. The van der Waals surface area contributed by atoms with Gasteiger partial charge in [-0.15, -0.1) is 24.0 Å². The van der Waals surface area contributed by atoms with Crippen LogP contribution < -0.4 is 10.6 Å². The summed E-state index contributed by atoms with van der Waals surface area (Å²) in [7, 11) is 3.47. The predicted octanol–water partition coefficient (Wildman–Crippen LogP) is 1.29. The number of aliphatic imine (C=N–C) groups is 1. The zero-order valence-electron chi connectivity index (χ0n) is 12.1. The van der Waals surface area contributed by atoms with Crippen LogP contribution in [0.5, 0.6) is 0 Å². The topological polar surface area (TPSA) is 56.7 Å². The second-order valence-corrected chi connectivity index (χ2v) is 4.59. The molecule has 108 valence electrons. The molecule has 0 radical (unpaired) electrons. The molecule has 0 aliphatic heterocycles. The molecular weight excluding hydrogens is 343 g/mol. The van der Waals surface area contributed by atoms with Crippen LogP contribution in [-0.2, 0) is 4.79 Å². The number of rotatable bonds is 6. The molecule has 0 bridgehead atoms. The molecule has 0 heterocycles. The van der Waals surface area contributed by atoms with E-state index in [1.165, 1.54) is 0 Å². The van der Waals surface area contributed by atoms with Crippen molar-refractivity contribution in [3.8, 4) is 0 Å². The van der Waals surface area contributed by atoms with Gasteiger partial charge in [-0.05, 0) is 19.3 Å². The largest absolute Gasteiger partial charge is 0.357 e. The number of halogens is 1. The molecule has 0 unspecified atom stereocenters. The van der Waals surface area contributed by atoms with Gasteiger partial charge in [0.15, 0.2) is 5.96 Å². The zero-order valence-corrected chi connectivity index (χ0v) is 14.4. The van der Waals surface area contributed by atoms with E-state index in [4.69, 9.17) is 0 Å². The fraction of sp³-hybridized carbons (Fsp3) is 0.833. The Morgan fingerprint density at radius 3 is 2.33 bits per heavy atom. The van der Waals surface area contributed by atoms with Crippen molar-refractivity contribution in [2.75, 3.05) is 33.7 Å². The highest BCUT2D eigenvalue weighted by Crippen LogP contribution is 1.96. The van der Waals surface area contributed by atoms with Crippen molar-refractivity contribution in [3.63, 3.8) is 0 Å². The summed E-state index contributed by atoms with van der Waals surface area (Å²) < 4.78 is 0. The molecule has 6 heteroatoms. The molecule has 0 atom stereocenters. The van der Waals surface area contributed by atoms with Crippen molar-refractivity contribution in [1.29, 1.82) is 0 Å². The first-order valence-corrected chi connectivity index (χ1v) is 6.19. The van der Waals surface area contributed by atoms with Crippen LogP contribution in [0.2, 0.25) is 0 Å². The molecule has 5 nitrogen and oxygen atoms in total. The van der Waals surface area contributed by atoms with Gasteiger partial charge in [0, 0.05) is 27.2 Å². The van der Waals surface area contributed by atoms with Gasteiger partial charge in [-0.1, -0.05) is 13.8 Å². The van der Waals surface area contributed by atoms with Gasteiger partial charge in [0.1, 0.15) is 6.54 Å². The fourth-order valence-electron chi connectivity index (χ4n) is 1.11. The van der Waals surface area contributed by atoms with Gasteiger partial charge >= 0.3 is 0 Å². The van der Waals surface area contributed by atoms with E-state index in [1.54, 1.807) is 19.0 Å². The smallest absolute Gasteiger partial charge is 0.243 e. The highest BCUT2D eigenvalue weighted by Gasteiger charge is 2.03. The van der Waals surface area contributed by atoms with Crippen LogP contribution in [0, 0.1) is 5.92 Å². The number of guanidine groups is 1. The van der Waals surface area contributed by atoms with Crippen molar-refractivity contribution in [3.05, 3.63) is 0 Å². The second kappa shape index (κ2) is 11.6. The lowest BCUT2D eigenvalue weighted by molar-refractivity contribution is -0.127. The maximum atomic E-state index is 11.4. The lowest BCUT2D eigenvalue weighted by Gasteiger charge is -2.13. The monoisotopic (exact) mass is 370 g/mol. The zero-order chi connectivity index (χ0) is 13.3. The lowest BCUT2D eigenvalue weighted by Crippen LogP contribution is -2.39. The van der Waals surface area contributed by atoms with Gasteiger partial charge in [0.2, 0.25) is 5.91 Å². The van der Waals surface area contributed by atoms with Crippen molar-refractivity contribution in [1.82, 2.24) is 15.5 Å². The molecule has 0 spiro atoms. The number of hydrogen-bond donors (Lipinski definition) is 2. The lowest BCUT2D eigenvalue weighted by atomic mass is 10.1. The quantitative estimate of drug-likeness (QED) is 0.421. The van der Waals surface area contributed by atoms with E-state index in [0.717, 1.165) is 19.5 Å². The number of hydrogen-bond acceptors (Lipinski definition) is 2. The first-order chi connectivity index (χ1) is 7.97. The summed E-state index contributed by atoms with van der Waals surface area (Å²) in [6, 6.07) is 0. The Kier molecular flexibility index (Phi) is 12.7. The average Bonchev–Trinajstić information content (AvgIpc) is 2.24. The van der Waals surface area contributed by atoms with Gasteiger partial charge < -0.3 is 15.5 Å². The molecule has 0 saturated heterocycles. The van der Waals surface area contributed by atoms with Crippen LogP contribution in [0.4, 0.5) is 0 Å². The van der Waals surface area contributed by atoms with Crippen molar-refractivity contribution >= 4 is 35.8 Å². The summed E-state index contributed by atoms with van der Waals surface area (Å²) in [5.41, 5.74) is 0. The Labute approximate surface area is 128 Å². The van der Waals surface area contributed by atoms with Crippen molar-refractivity contribution < 1.29 is 4.79 Å². The number of amides is 1. The molecular formula is C12H27IN4O. The Hall–Kier alpha value is -0.530. The number of likely N-dealkylation sites (N-methyl/N-ethyl adjacent to an activating group) is 1. The Morgan fingerprint density at radius 1 is 1.28 bits per heavy atom. The minimum atomic E-state index is 0. The van der Waals surface area contributed by atoms with Gasteiger partial charge in [0.25, 0.3) is 0 Å². The number of nitrogens with zero attached hydrogens (tertiary/aromatic N) is 2. The van der Waals surface area contributed by atoms with Crippen molar-refractivity contribution in [2.24, 2.45) is 10.9 Å². The van der Waals surface area contributed by atoms with Gasteiger partial charge in [-0.3, -0.25) is 4.79 Å². The van der Waals surface area contributed by atoms with Gasteiger partial charge in [-0.25, -0.2) is 4.99 Å². The highest BCUT2D eigenvalue weighted by molar-refractivity contribution is 14.0. The normalized spacial score (nSPS) is 10.9. The van der Waals surface area contributed by atoms with E-state index in [0.29, 0.717) is 11.9 Å². The van der Waals surface area contributed by atoms with Crippen LogP contribution in [-0.4, -0.2) is 50.5 Å². The summed E-state index contributed by atoms with van der Waals surface area (Å²) in [5.74, 6) is 1.38. The van der Waals surface area contributed by atoms with E-state index in [9.17, 15) is 4.79 Å². The van der Waals surface area contributed by atoms with Crippen molar-refractivity contribution in [2.45, 2.75) is 27.2 Å². The molecule has 1 amide bonds. The Balaban J connectivity index is 0. The average molecular weight is 370 g/mol. The van der Waals surface area contributed by atoms with Crippen LogP contribution in [0.15, 0.2) is 4.99 Å². The maximum Gasteiger partial charge on any atom is 0.243 e. The van der Waals surface area contributed by atoms with Crippen LogP contribution in [0.3, 0.4) is 0 Å². The number of carbonyl (C=O) groups excluding carboxylic acids is 1. The standard InChI is InChI=1S/C12H26N4O.HI/c1-6-13-12(14-8-7-10(2)3)15-9-11(17)16(4)5;/h10H,6-9H2,1-5H3,(H2,13,14,15);1H. The molecule has 0 rings (SSSR count). The van der Waals surface area contributed by atoms with E-state index in [-0.39, 0.29) is 36.4 Å². The molecule has 0 aromatic carbocycles. The first kappa shape index (κ1) is 19.8. The van der Waals surface area contributed by atoms with E-state index >= 15 is 0 Å². The van der Waals surface area contributed by atoms with E-state index in [1.807, 2.05) is 6.92 Å². The van der Waals surface area contributed by atoms with Crippen LogP contribution >= 0.6 is 24.0 Å². The third kappa shape index (κ3) is 10.6. The Morgan fingerprint density at radius 2 is 1.89 bits per heavy atom. The molecule has 18 heavy (non-hydrogen) atoms. The molecule has 2 N–H and O–H groups in total. The molecule has 0 aromatic heterocycles. The third-order valence-corrected chi connectivity index (χ3v) is 2.23. The molecule has 0 fully saturated rings. The maximum absolute atomic E-state index is 11.4. The number of carbonyl (C=O) groups is 1. The van der Waals surface area contributed by atoms with Gasteiger partial charge in [-0.2, -0.15) is 0 Å². The summed E-state index contributed by atoms with van der Waals surface area (Å²) in [6.07, 6.45) is 1.09. The Bertz CT molecular complexity index is 254. The SMILES string of the molecule is CCNC(=NCC(=O)N(C)C)NCCC(C)C.I.